The lowest BCUT2D eigenvalue weighted by molar-refractivity contribution is -0.192. The van der Waals surface area contributed by atoms with Gasteiger partial charge in [-0.1, -0.05) is 0 Å². The van der Waals surface area contributed by atoms with Crippen molar-refractivity contribution in [3.05, 3.63) is 16.6 Å². The van der Waals surface area contributed by atoms with Crippen LogP contribution in [0, 0.1) is 0 Å². The van der Waals surface area contributed by atoms with E-state index in [1.165, 1.54) is 5.01 Å². The molecule has 1 aromatic rings. The van der Waals surface area contributed by atoms with Crippen molar-refractivity contribution in [2.45, 2.75) is 44.1 Å². The van der Waals surface area contributed by atoms with Crippen LogP contribution in [-0.4, -0.2) is 51.7 Å². The van der Waals surface area contributed by atoms with E-state index in [0.717, 1.165) is 25.9 Å². The lowest BCUT2D eigenvalue weighted by Crippen LogP contribution is -2.49. The van der Waals surface area contributed by atoms with Gasteiger partial charge in [-0.3, -0.25) is 9.69 Å². The van der Waals surface area contributed by atoms with Crippen molar-refractivity contribution in [2.24, 2.45) is 0 Å². The SMILES string of the molecule is O=C(O)C(F)(F)F.O=C1CC[C@H]2[C@@H](CCN2Cc2nccs2)N1. The quantitative estimate of drug-likeness (QED) is 0.846. The average molecular weight is 351 g/mol. The van der Waals surface area contributed by atoms with Gasteiger partial charge >= 0.3 is 12.1 Å². The van der Waals surface area contributed by atoms with Gasteiger partial charge in [-0.05, 0) is 12.8 Å². The molecule has 128 valence electrons. The molecule has 2 fully saturated rings. The van der Waals surface area contributed by atoms with E-state index in [-0.39, 0.29) is 5.91 Å². The van der Waals surface area contributed by atoms with Gasteiger partial charge in [0.15, 0.2) is 0 Å². The molecule has 10 heteroatoms. The molecule has 2 atom stereocenters. The fraction of sp³-hybridized carbons (Fsp3) is 0.615. The van der Waals surface area contributed by atoms with Crippen LogP contribution in [0.5, 0.6) is 0 Å². The summed E-state index contributed by atoms with van der Waals surface area (Å²) in [5, 5.41) is 13.4. The number of alkyl halides is 3. The summed E-state index contributed by atoms with van der Waals surface area (Å²) >= 11 is 1.71. The zero-order valence-corrected chi connectivity index (χ0v) is 12.9. The van der Waals surface area contributed by atoms with E-state index in [1.54, 1.807) is 11.3 Å². The van der Waals surface area contributed by atoms with Gasteiger partial charge in [0.2, 0.25) is 5.91 Å². The monoisotopic (exact) mass is 351 g/mol. The summed E-state index contributed by atoms with van der Waals surface area (Å²) in [4.78, 5) is 27.0. The molecule has 0 aromatic carbocycles. The Balaban J connectivity index is 0.000000236. The first-order valence-electron chi connectivity index (χ1n) is 6.99. The highest BCUT2D eigenvalue weighted by Crippen LogP contribution is 2.27. The van der Waals surface area contributed by atoms with Gasteiger partial charge in [0, 0.05) is 36.6 Å². The van der Waals surface area contributed by atoms with Gasteiger partial charge in [-0.25, -0.2) is 9.78 Å². The van der Waals surface area contributed by atoms with Crippen molar-refractivity contribution in [1.82, 2.24) is 15.2 Å². The molecule has 0 radical (unpaired) electrons. The van der Waals surface area contributed by atoms with Crippen molar-refractivity contribution in [3.8, 4) is 0 Å². The molecule has 6 nitrogen and oxygen atoms in total. The first kappa shape index (κ1) is 17.7. The van der Waals surface area contributed by atoms with Crippen LogP contribution in [0.3, 0.4) is 0 Å². The van der Waals surface area contributed by atoms with E-state index in [9.17, 15) is 18.0 Å². The maximum absolute atomic E-state index is 11.3. The number of carbonyl (C=O) groups excluding carboxylic acids is 1. The van der Waals surface area contributed by atoms with Crippen molar-refractivity contribution in [1.29, 1.82) is 0 Å². The van der Waals surface area contributed by atoms with E-state index in [1.807, 2.05) is 11.6 Å². The number of carboxylic acid groups (broad SMARTS) is 1. The Morgan fingerprint density at radius 3 is 2.74 bits per heavy atom. The van der Waals surface area contributed by atoms with Crippen LogP contribution < -0.4 is 5.32 Å². The Morgan fingerprint density at radius 2 is 2.17 bits per heavy atom. The number of carbonyl (C=O) groups is 2. The molecule has 0 saturated carbocycles. The summed E-state index contributed by atoms with van der Waals surface area (Å²) in [6.07, 6.45) is -0.463. The van der Waals surface area contributed by atoms with Crippen molar-refractivity contribution in [2.75, 3.05) is 6.54 Å². The minimum atomic E-state index is -5.08. The molecule has 2 saturated heterocycles. The largest absolute Gasteiger partial charge is 0.490 e. The second-order valence-corrected chi connectivity index (χ2v) is 6.25. The molecular weight excluding hydrogens is 335 g/mol. The first-order chi connectivity index (χ1) is 10.8. The summed E-state index contributed by atoms with van der Waals surface area (Å²) < 4.78 is 31.7. The summed E-state index contributed by atoms with van der Waals surface area (Å²) in [7, 11) is 0. The fourth-order valence-electron chi connectivity index (χ4n) is 2.73. The Morgan fingerprint density at radius 1 is 1.48 bits per heavy atom. The van der Waals surface area contributed by atoms with Gasteiger partial charge < -0.3 is 10.4 Å². The smallest absolute Gasteiger partial charge is 0.475 e. The summed E-state index contributed by atoms with van der Waals surface area (Å²) in [6, 6.07) is 0.905. The van der Waals surface area contributed by atoms with Gasteiger partial charge in [0.05, 0.1) is 6.54 Å². The third kappa shape index (κ3) is 4.90. The van der Waals surface area contributed by atoms with Crippen LogP contribution in [-0.2, 0) is 16.1 Å². The molecule has 0 bridgehead atoms. The van der Waals surface area contributed by atoms with Crippen molar-refractivity contribution in [3.63, 3.8) is 0 Å². The van der Waals surface area contributed by atoms with E-state index < -0.39 is 12.1 Å². The zero-order valence-electron chi connectivity index (χ0n) is 12.0. The van der Waals surface area contributed by atoms with Gasteiger partial charge in [0.1, 0.15) is 5.01 Å². The van der Waals surface area contributed by atoms with Gasteiger partial charge in [0.25, 0.3) is 0 Å². The molecule has 3 heterocycles. The zero-order chi connectivity index (χ0) is 17.0. The number of likely N-dealkylation sites (tertiary alicyclic amines) is 1. The number of amides is 1. The molecule has 2 aliphatic rings. The Hall–Kier alpha value is -1.68. The number of thiazole rings is 1. The number of piperidine rings is 1. The molecule has 2 aliphatic heterocycles. The molecule has 1 amide bonds. The number of nitrogens with zero attached hydrogens (tertiary/aromatic N) is 2. The van der Waals surface area contributed by atoms with Crippen LogP contribution in [0.1, 0.15) is 24.3 Å². The molecule has 0 aliphatic carbocycles. The molecule has 1 aromatic heterocycles. The van der Waals surface area contributed by atoms with E-state index in [4.69, 9.17) is 9.90 Å². The number of hydrogen-bond acceptors (Lipinski definition) is 5. The highest BCUT2D eigenvalue weighted by Gasteiger charge is 2.38. The topological polar surface area (TPSA) is 82.5 Å². The molecule has 3 rings (SSSR count). The number of nitrogens with one attached hydrogen (secondary N) is 1. The van der Waals surface area contributed by atoms with Crippen LogP contribution in [0.15, 0.2) is 11.6 Å². The highest BCUT2D eigenvalue weighted by molar-refractivity contribution is 7.09. The summed E-state index contributed by atoms with van der Waals surface area (Å²) in [5.74, 6) is -2.54. The fourth-order valence-corrected chi connectivity index (χ4v) is 3.37. The number of carboxylic acids is 1. The van der Waals surface area contributed by atoms with Crippen LogP contribution in [0.4, 0.5) is 13.2 Å². The lowest BCUT2D eigenvalue weighted by Gasteiger charge is -2.31. The van der Waals surface area contributed by atoms with Crippen LogP contribution in [0.2, 0.25) is 0 Å². The number of aliphatic carboxylic acids is 1. The molecule has 0 unspecified atom stereocenters. The molecular formula is C13H16F3N3O3S. The van der Waals surface area contributed by atoms with E-state index in [2.05, 4.69) is 15.2 Å². The Bertz CT molecular complexity index is 550. The van der Waals surface area contributed by atoms with E-state index in [0.29, 0.717) is 18.5 Å². The highest BCUT2D eigenvalue weighted by atomic mass is 32.1. The van der Waals surface area contributed by atoms with Gasteiger partial charge in [-0.2, -0.15) is 13.2 Å². The normalized spacial score (nSPS) is 24.4. The first-order valence-corrected chi connectivity index (χ1v) is 7.87. The molecule has 2 N–H and O–H groups in total. The molecule has 0 spiro atoms. The third-order valence-electron chi connectivity index (χ3n) is 3.74. The second-order valence-electron chi connectivity index (χ2n) is 5.27. The van der Waals surface area contributed by atoms with Crippen molar-refractivity contribution >= 4 is 23.2 Å². The number of hydrogen-bond donors (Lipinski definition) is 2. The predicted molar refractivity (Wildman–Crippen MR) is 75.8 cm³/mol. The number of rotatable bonds is 2. The maximum atomic E-state index is 11.3. The Kier molecular flexibility index (Phi) is 5.58. The Labute approximate surface area is 134 Å². The van der Waals surface area contributed by atoms with E-state index >= 15 is 0 Å². The van der Waals surface area contributed by atoms with Crippen LogP contribution in [0.25, 0.3) is 0 Å². The van der Waals surface area contributed by atoms with Gasteiger partial charge in [-0.15, -0.1) is 11.3 Å². The number of aromatic nitrogens is 1. The number of halogens is 3. The van der Waals surface area contributed by atoms with Crippen molar-refractivity contribution < 1.29 is 27.9 Å². The maximum Gasteiger partial charge on any atom is 0.490 e. The molecule has 23 heavy (non-hydrogen) atoms. The summed E-state index contributed by atoms with van der Waals surface area (Å²) in [6.45, 7) is 2.02. The minimum Gasteiger partial charge on any atom is -0.475 e. The summed E-state index contributed by atoms with van der Waals surface area (Å²) in [5.41, 5.74) is 0. The third-order valence-corrected chi connectivity index (χ3v) is 4.50. The predicted octanol–water partition coefficient (Wildman–Crippen LogP) is 1.63. The van der Waals surface area contributed by atoms with Crippen LogP contribution >= 0.6 is 11.3 Å². The lowest BCUT2D eigenvalue weighted by atomic mass is 9.99. The minimum absolute atomic E-state index is 0.220. The second kappa shape index (κ2) is 7.26. The number of fused-ring (bicyclic) bond motifs is 1. The standard InChI is InChI=1S/C11H15N3OS.C2HF3O2/c15-10-2-1-9-8(13-10)3-5-14(9)7-11-12-4-6-16-11;3-2(4,5)1(6)7/h4,6,8-9H,1-3,5,7H2,(H,13,15);(H,6,7)/t8-,9+;/m1./s1. The average Bonchev–Trinajstić information content (AvgIpc) is 3.09.